The number of benzene rings is 2. The minimum atomic E-state index is -0.869. The van der Waals surface area contributed by atoms with Crippen molar-refractivity contribution in [1.29, 1.82) is 0 Å². The summed E-state index contributed by atoms with van der Waals surface area (Å²) in [6.07, 6.45) is 0.407. The maximum Gasteiger partial charge on any atom is 0.303 e. The molecule has 154 valence electrons. The molecule has 1 amide bonds. The summed E-state index contributed by atoms with van der Waals surface area (Å²) < 4.78 is 14.7. The molecule has 7 heteroatoms. The molecule has 29 heavy (non-hydrogen) atoms. The number of anilines is 2. The molecule has 0 unspecified atom stereocenters. The first kappa shape index (κ1) is 20.8. The number of amides is 1. The van der Waals surface area contributed by atoms with Crippen LogP contribution in [0.1, 0.15) is 29.3 Å². The van der Waals surface area contributed by atoms with Crippen LogP contribution >= 0.6 is 0 Å². The number of hydrogen-bond donors (Lipinski definition) is 2. The lowest BCUT2D eigenvalue weighted by Crippen LogP contribution is -2.46. The van der Waals surface area contributed by atoms with Crippen LogP contribution in [0.25, 0.3) is 0 Å². The lowest BCUT2D eigenvalue weighted by molar-refractivity contribution is -0.136. The summed E-state index contributed by atoms with van der Waals surface area (Å²) in [4.78, 5) is 27.6. The zero-order valence-electron chi connectivity index (χ0n) is 16.5. The van der Waals surface area contributed by atoms with Crippen molar-refractivity contribution in [3.05, 3.63) is 59.4 Å². The van der Waals surface area contributed by atoms with Gasteiger partial charge in [0.05, 0.1) is 5.69 Å². The van der Waals surface area contributed by atoms with Gasteiger partial charge in [-0.2, -0.15) is 0 Å². The standard InChI is InChI=1S/C22H26FN3O3/c1-2-25-10-12-26(13-11-25)20-8-7-17(15-19(20)23)22(29)24-18-5-3-4-16(14-18)6-9-21(27)28/h3-5,7-8,14-15H,2,6,9-13H2,1H3,(H,24,29)(H,27,28). The van der Waals surface area contributed by atoms with E-state index >= 15 is 0 Å². The van der Waals surface area contributed by atoms with Crippen LogP contribution in [0.2, 0.25) is 0 Å². The number of hydrogen-bond acceptors (Lipinski definition) is 4. The molecular formula is C22H26FN3O3. The second kappa shape index (κ2) is 9.52. The van der Waals surface area contributed by atoms with Crippen molar-refractivity contribution in [3.8, 4) is 0 Å². The highest BCUT2D eigenvalue weighted by molar-refractivity contribution is 6.04. The summed E-state index contributed by atoms with van der Waals surface area (Å²) in [6, 6.07) is 11.6. The Labute approximate surface area is 169 Å². The highest BCUT2D eigenvalue weighted by atomic mass is 19.1. The smallest absolute Gasteiger partial charge is 0.303 e. The maximum atomic E-state index is 14.7. The lowest BCUT2D eigenvalue weighted by atomic mass is 10.1. The summed E-state index contributed by atoms with van der Waals surface area (Å²) in [5.41, 5.74) is 2.14. The van der Waals surface area contributed by atoms with E-state index < -0.39 is 17.7 Å². The molecule has 1 fully saturated rings. The van der Waals surface area contributed by atoms with Crippen molar-refractivity contribution in [3.63, 3.8) is 0 Å². The predicted octanol–water partition coefficient (Wildman–Crippen LogP) is 3.24. The number of nitrogens with one attached hydrogen (secondary N) is 1. The number of nitrogens with zero attached hydrogens (tertiary/aromatic N) is 2. The third-order valence-electron chi connectivity index (χ3n) is 5.18. The topological polar surface area (TPSA) is 72.9 Å². The van der Waals surface area contributed by atoms with E-state index in [0.29, 0.717) is 17.8 Å². The van der Waals surface area contributed by atoms with Crippen molar-refractivity contribution in [2.75, 3.05) is 42.9 Å². The van der Waals surface area contributed by atoms with Gasteiger partial charge in [0.2, 0.25) is 0 Å². The number of aliphatic carboxylic acids is 1. The van der Waals surface area contributed by atoms with Crippen molar-refractivity contribution < 1.29 is 19.1 Å². The highest BCUT2D eigenvalue weighted by Gasteiger charge is 2.19. The Bertz CT molecular complexity index is 879. The summed E-state index contributed by atoms with van der Waals surface area (Å²) in [5.74, 6) is -1.68. The molecule has 0 radical (unpaired) electrons. The zero-order chi connectivity index (χ0) is 20.8. The first-order valence-corrected chi connectivity index (χ1v) is 9.85. The molecule has 3 rings (SSSR count). The van der Waals surface area contributed by atoms with Gasteiger partial charge in [-0.3, -0.25) is 9.59 Å². The van der Waals surface area contributed by atoms with Crippen LogP contribution in [0.15, 0.2) is 42.5 Å². The number of halogens is 1. The number of carbonyl (C=O) groups excluding carboxylic acids is 1. The molecule has 1 saturated heterocycles. The van der Waals surface area contributed by atoms with E-state index in [1.807, 2.05) is 11.0 Å². The van der Waals surface area contributed by atoms with Crippen molar-refractivity contribution in [1.82, 2.24) is 4.90 Å². The fourth-order valence-electron chi connectivity index (χ4n) is 3.47. The second-order valence-corrected chi connectivity index (χ2v) is 7.14. The van der Waals surface area contributed by atoms with Crippen molar-refractivity contribution in [2.45, 2.75) is 19.8 Å². The first-order valence-electron chi connectivity index (χ1n) is 9.85. The summed E-state index contributed by atoms with van der Waals surface area (Å²) >= 11 is 0. The quantitative estimate of drug-likeness (QED) is 0.748. The van der Waals surface area contributed by atoms with Crippen molar-refractivity contribution >= 4 is 23.3 Å². The summed E-state index contributed by atoms with van der Waals surface area (Å²) in [7, 11) is 0. The SMILES string of the molecule is CCN1CCN(c2ccc(C(=O)Nc3cccc(CCC(=O)O)c3)cc2F)CC1. The normalized spacial score (nSPS) is 14.6. The molecule has 0 aromatic heterocycles. The minimum absolute atomic E-state index is 0.0244. The van der Waals surface area contributed by atoms with Crippen LogP contribution in [0.5, 0.6) is 0 Å². The monoisotopic (exact) mass is 399 g/mol. The molecule has 0 atom stereocenters. The first-order chi connectivity index (χ1) is 14.0. The van der Waals surface area contributed by atoms with Gasteiger partial charge in [-0.05, 0) is 48.9 Å². The molecule has 2 N–H and O–H groups in total. The van der Waals surface area contributed by atoms with Gasteiger partial charge in [0.15, 0.2) is 0 Å². The Morgan fingerprint density at radius 3 is 2.52 bits per heavy atom. The molecule has 1 aliphatic rings. The third kappa shape index (κ3) is 5.54. The van der Waals surface area contributed by atoms with Crippen LogP contribution in [0.3, 0.4) is 0 Å². The number of carbonyl (C=O) groups is 2. The van der Waals surface area contributed by atoms with Gasteiger partial charge >= 0.3 is 5.97 Å². The molecule has 2 aromatic rings. The fraction of sp³-hybridized carbons (Fsp3) is 0.364. The fourth-order valence-corrected chi connectivity index (χ4v) is 3.47. The Balaban J connectivity index is 1.65. The van der Waals surface area contributed by atoms with E-state index in [2.05, 4.69) is 17.1 Å². The zero-order valence-corrected chi connectivity index (χ0v) is 16.5. The molecular weight excluding hydrogens is 373 g/mol. The average molecular weight is 399 g/mol. The molecule has 1 aliphatic heterocycles. The van der Waals surface area contributed by atoms with E-state index in [1.54, 1.807) is 30.3 Å². The van der Waals surface area contributed by atoms with Crippen molar-refractivity contribution in [2.24, 2.45) is 0 Å². The Morgan fingerprint density at radius 1 is 1.10 bits per heavy atom. The van der Waals surface area contributed by atoms with Crippen LogP contribution < -0.4 is 10.2 Å². The molecule has 1 heterocycles. The number of piperazine rings is 1. The van der Waals surface area contributed by atoms with Gasteiger partial charge in [-0.1, -0.05) is 19.1 Å². The molecule has 0 aliphatic carbocycles. The van der Waals surface area contributed by atoms with E-state index in [0.717, 1.165) is 38.3 Å². The van der Waals surface area contributed by atoms with E-state index in [4.69, 9.17) is 5.11 Å². The van der Waals surface area contributed by atoms with Crippen LogP contribution in [0.4, 0.5) is 15.8 Å². The highest BCUT2D eigenvalue weighted by Crippen LogP contribution is 2.23. The van der Waals surface area contributed by atoms with Gasteiger partial charge in [0, 0.05) is 43.9 Å². The second-order valence-electron chi connectivity index (χ2n) is 7.14. The van der Waals surface area contributed by atoms with E-state index in [9.17, 15) is 14.0 Å². The molecule has 6 nitrogen and oxygen atoms in total. The predicted molar refractivity (Wildman–Crippen MR) is 111 cm³/mol. The van der Waals surface area contributed by atoms with Crippen LogP contribution in [-0.2, 0) is 11.2 Å². The molecule has 0 bridgehead atoms. The number of carboxylic acid groups (broad SMARTS) is 1. The van der Waals surface area contributed by atoms with Crippen LogP contribution in [0, 0.1) is 5.82 Å². The number of likely N-dealkylation sites (N-methyl/N-ethyl adjacent to an activating group) is 1. The third-order valence-corrected chi connectivity index (χ3v) is 5.18. The van der Waals surface area contributed by atoms with Gasteiger partial charge < -0.3 is 20.2 Å². The number of rotatable bonds is 7. The number of carboxylic acids is 1. The lowest BCUT2D eigenvalue weighted by Gasteiger charge is -2.35. The van der Waals surface area contributed by atoms with E-state index in [1.165, 1.54) is 6.07 Å². The molecule has 0 saturated carbocycles. The van der Waals surface area contributed by atoms with E-state index in [-0.39, 0.29) is 12.0 Å². The summed E-state index contributed by atoms with van der Waals surface area (Å²) in [5, 5.41) is 11.5. The van der Waals surface area contributed by atoms with Gasteiger partial charge in [-0.15, -0.1) is 0 Å². The molecule has 2 aromatic carbocycles. The largest absolute Gasteiger partial charge is 0.481 e. The Morgan fingerprint density at radius 2 is 1.86 bits per heavy atom. The van der Waals surface area contributed by atoms with Crippen LogP contribution in [-0.4, -0.2) is 54.6 Å². The van der Waals surface area contributed by atoms with Gasteiger partial charge in [0.25, 0.3) is 5.91 Å². The maximum absolute atomic E-state index is 14.7. The summed E-state index contributed by atoms with van der Waals surface area (Å²) in [6.45, 7) is 6.43. The average Bonchev–Trinajstić information content (AvgIpc) is 2.72. The minimum Gasteiger partial charge on any atom is -0.481 e. The Hall–Kier alpha value is -2.93. The number of aryl methyl sites for hydroxylation is 1. The molecule has 0 spiro atoms. The Kier molecular flexibility index (Phi) is 6.82. The van der Waals surface area contributed by atoms with Gasteiger partial charge in [-0.25, -0.2) is 4.39 Å². The van der Waals surface area contributed by atoms with Gasteiger partial charge in [0.1, 0.15) is 5.82 Å².